The molecule has 0 bridgehead atoms. The number of likely N-dealkylation sites (tertiary alicyclic amines) is 1. The molecule has 0 aliphatic carbocycles. The molecular weight excluding hydrogens is 308 g/mol. The van der Waals surface area contributed by atoms with Crippen LogP contribution in [-0.2, 0) is 4.79 Å². The number of hydrogen-bond acceptors (Lipinski definition) is 4. The first-order chi connectivity index (χ1) is 11.4. The molecule has 1 amide bonds. The number of non-ortho nitro benzene ring substituents is 1. The van der Waals surface area contributed by atoms with Crippen LogP contribution < -0.4 is 15.5 Å². The Morgan fingerprint density at radius 2 is 1.83 bits per heavy atom. The molecule has 7 heteroatoms. The Balaban J connectivity index is 1.64. The summed E-state index contributed by atoms with van der Waals surface area (Å²) in [5.41, 5.74) is 0.876. The second-order valence-corrected chi connectivity index (χ2v) is 6.86. The zero-order valence-corrected chi connectivity index (χ0v) is 14.4. The second-order valence-electron chi connectivity index (χ2n) is 6.86. The lowest BCUT2D eigenvalue weighted by molar-refractivity contribution is -0.904. The average Bonchev–Trinajstić information content (AvgIpc) is 2.51. The summed E-state index contributed by atoms with van der Waals surface area (Å²) in [6.45, 7) is 8.30. The monoisotopic (exact) mass is 335 g/mol. The number of hydrogen-bond donors (Lipinski definition) is 3. The highest BCUT2D eigenvalue weighted by atomic mass is 16.6. The SMILES string of the molecule is C[C@H]1C[C@H](C)C[NH+](CC(=O)NCCNc2ccc([N+](=O)[O-])cc2)C1. The molecule has 1 heterocycles. The smallest absolute Gasteiger partial charge is 0.275 e. The third-order valence-electron chi connectivity index (χ3n) is 4.34. The van der Waals surface area contributed by atoms with Gasteiger partial charge in [-0.25, -0.2) is 0 Å². The van der Waals surface area contributed by atoms with Gasteiger partial charge in [-0.1, -0.05) is 13.8 Å². The van der Waals surface area contributed by atoms with Gasteiger partial charge in [-0.05, 0) is 18.6 Å². The number of nitro benzene ring substituents is 1. The molecule has 0 unspecified atom stereocenters. The van der Waals surface area contributed by atoms with E-state index in [0.717, 1.165) is 18.8 Å². The van der Waals surface area contributed by atoms with Gasteiger partial charge in [0.05, 0.1) is 18.0 Å². The van der Waals surface area contributed by atoms with E-state index < -0.39 is 4.92 Å². The van der Waals surface area contributed by atoms with Gasteiger partial charge in [0.25, 0.3) is 11.6 Å². The molecule has 132 valence electrons. The second kappa shape index (κ2) is 8.63. The van der Waals surface area contributed by atoms with Crippen molar-refractivity contribution in [2.75, 3.05) is 38.0 Å². The minimum atomic E-state index is -0.422. The van der Waals surface area contributed by atoms with Crippen LogP contribution in [0.5, 0.6) is 0 Å². The fourth-order valence-corrected chi connectivity index (χ4v) is 3.47. The van der Waals surface area contributed by atoms with E-state index >= 15 is 0 Å². The molecule has 0 aromatic heterocycles. The van der Waals surface area contributed by atoms with Gasteiger partial charge in [0.1, 0.15) is 0 Å². The summed E-state index contributed by atoms with van der Waals surface area (Å²) in [6, 6.07) is 6.26. The molecule has 2 rings (SSSR count). The zero-order chi connectivity index (χ0) is 17.5. The number of amides is 1. The molecule has 2 atom stereocenters. The van der Waals surface area contributed by atoms with Crippen LogP contribution in [0.3, 0.4) is 0 Å². The summed E-state index contributed by atoms with van der Waals surface area (Å²) in [7, 11) is 0. The summed E-state index contributed by atoms with van der Waals surface area (Å²) >= 11 is 0. The molecule has 0 spiro atoms. The molecule has 3 N–H and O–H groups in total. The number of quaternary nitrogens is 1. The molecule has 1 aromatic rings. The average molecular weight is 335 g/mol. The summed E-state index contributed by atoms with van der Waals surface area (Å²) in [5, 5.41) is 16.7. The first-order valence-corrected chi connectivity index (χ1v) is 8.52. The van der Waals surface area contributed by atoms with E-state index in [1.165, 1.54) is 23.5 Å². The minimum absolute atomic E-state index is 0.0711. The topological polar surface area (TPSA) is 88.7 Å². The predicted octanol–water partition coefficient (Wildman–Crippen LogP) is 0.684. The Morgan fingerprint density at radius 3 is 2.42 bits per heavy atom. The molecule has 0 saturated carbocycles. The Kier molecular flexibility index (Phi) is 6.54. The van der Waals surface area contributed by atoms with Crippen molar-refractivity contribution >= 4 is 17.3 Å². The van der Waals surface area contributed by atoms with Crippen molar-refractivity contribution in [2.24, 2.45) is 11.8 Å². The molecule has 7 nitrogen and oxygen atoms in total. The third-order valence-corrected chi connectivity index (χ3v) is 4.34. The van der Waals surface area contributed by atoms with Gasteiger partial charge in [0, 0.05) is 42.7 Å². The van der Waals surface area contributed by atoms with Crippen LogP contribution in [-0.4, -0.2) is 43.6 Å². The molecule has 24 heavy (non-hydrogen) atoms. The van der Waals surface area contributed by atoms with Crippen LogP contribution in [0.25, 0.3) is 0 Å². The summed E-state index contributed by atoms with van der Waals surface area (Å²) in [5.74, 6) is 1.44. The molecule has 0 radical (unpaired) electrons. The van der Waals surface area contributed by atoms with E-state index in [4.69, 9.17) is 0 Å². The van der Waals surface area contributed by atoms with Crippen LogP contribution in [0.1, 0.15) is 20.3 Å². The first kappa shape index (κ1) is 18.2. The van der Waals surface area contributed by atoms with Crippen molar-refractivity contribution in [3.05, 3.63) is 34.4 Å². The lowest BCUT2D eigenvalue weighted by atomic mass is 9.92. The Morgan fingerprint density at radius 1 is 1.21 bits per heavy atom. The summed E-state index contributed by atoms with van der Waals surface area (Å²) in [4.78, 5) is 23.5. The van der Waals surface area contributed by atoms with E-state index in [-0.39, 0.29) is 11.6 Å². The lowest BCUT2D eigenvalue weighted by Gasteiger charge is -2.31. The van der Waals surface area contributed by atoms with Gasteiger partial charge in [0.15, 0.2) is 6.54 Å². The van der Waals surface area contributed by atoms with Crippen molar-refractivity contribution in [2.45, 2.75) is 20.3 Å². The fourth-order valence-electron chi connectivity index (χ4n) is 3.47. The number of nitrogens with one attached hydrogen (secondary N) is 3. The maximum Gasteiger partial charge on any atom is 0.275 e. The van der Waals surface area contributed by atoms with Gasteiger partial charge < -0.3 is 15.5 Å². The molecule has 1 aromatic carbocycles. The number of nitro groups is 1. The van der Waals surface area contributed by atoms with E-state index in [0.29, 0.717) is 31.5 Å². The fraction of sp³-hybridized carbons (Fsp3) is 0.588. The van der Waals surface area contributed by atoms with Crippen molar-refractivity contribution in [1.29, 1.82) is 0 Å². The molecule has 1 aliphatic rings. The maximum atomic E-state index is 12.0. The Bertz CT molecular complexity index is 551. The van der Waals surface area contributed by atoms with Crippen LogP contribution in [0.15, 0.2) is 24.3 Å². The highest BCUT2D eigenvalue weighted by molar-refractivity contribution is 5.76. The van der Waals surface area contributed by atoms with Gasteiger partial charge in [-0.2, -0.15) is 0 Å². The standard InChI is InChI=1S/C17H26N4O3/c1-13-9-14(2)11-20(10-13)12-17(22)19-8-7-18-15-3-5-16(6-4-15)21(23)24/h3-6,13-14,18H,7-12H2,1-2H3,(H,19,22)/p+1/t13-,14-/m0/s1. The van der Waals surface area contributed by atoms with Crippen molar-refractivity contribution in [3.8, 4) is 0 Å². The molecular formula is C17H27N4O3+. The van der Waals surface area contributed by atoms with Gasteiger partial charge in [-0.3, -0.25) is 14.9 Å². The largest absolute Gasteiger partial charge is 0.383 e. The number of carbonyl (C=O) groups is 1. The highest BCUT2D eigenvalue weighted by Gasteiger charge is 2.26. The summed E-state index contributed by atoms with van der Waals surface area (Å²) in [6.07, 6.45) is 1.25. The maximum absolute atomic E-state index is 12.0. The van der Waals surface area contributed by atoms with E-state index in [9.17, 15) is 14.9 Å². The number of nitrogens with zero attached hydrogens (tertiary/aromatic N) is 1. The number of piperidine rings is 1. The van der Waals surface area contributed by atoms with Gasteiger partial charge >= 0.3 is 0 Å². The number of anilines is 1. The Labute approximate surface area is 142 Å². The first-order valence-electron chi connectivity index (χ1n) is 8.52. The minimum Gasteiger partial charge on any atom is -0.383 e. The zero-order valence-electron chi connectivity index (χ0n) is 14.4. The van der Waals surface area contributed by atoms with Crippen molar-refractivity contribution in [3.63, 3.8) is 0 Å². The number of benzene rings is 1. The molecule has 1 saturated heterocycles. The highest BCUT2D eigenvalue weighted by Crippen LogP contribution is 2.14. The third kappa shape index (κ3) is 5.81. The van der Waals surface area contributed by atoms with Gasteiger partial charge in [0.2, 0.25) is 0 Å². The van der Waals surface area contributed by atoms with Crippen LogP contribution in [0.2, 0.25) is 0 Å². The summed E-state index contributed by atoms with van der Waals surface area (Å²) < 4.78 is 0. The van der Waals surface area contributed by atoms with E-state index in [1.807, 2.05) is 0 Å². The van der Waals surface area contributed by atoms with Crippen LogP contribution in [0.4, 0.5) is 11.4 Å². The normalized spacial score (nSPS) is 23.5. The quantitative estimate of drug-likeness (QED) is 0.388. The number of carbonyl (C=O) groups excluding carboxylic acids is 1. The lowest BCUT2D eigenvalue weighted by Crippen LogP contribution is -3.15. The van der Waals surface area contributed by atoms with Crippen molar-refractivity contribution in [1.82, 2.24) is 5.32 Å². The van der Waals surface area contributed by atoms with Gasteiger partial charge in [-0.15, -0.1) is 0 Å². The molecule has 1 fully saturated rings. The van der Waals surface area contributed by atoms with Crippen molar-refractivity contribution < 1.29 is 14.6 Å². The Hall–Kier alpha value is -2.15. The van der Waals surface area contributed by atoms with Crippen LogP contribution in [0, 0.1) is 22.0 Å². The molecule has 1 aliphatic heterocycles. The van der Waals surface area contributed by atoms with E-state index in [1.54, 1.807) is 12.1 Å². The van der Waals surface area contributed by atoms with E-state index in [2.05, 4.69) is 24.5 Å². The van der Waals surface area contributed by atoms with Crippen LogP contribution >= 0.6 is 0 Å². The predicted molar refractivity (Wildman–Crippen MR) is 93.1 cm³/mol. The number of rotatable bonds is 7.